The first kappa shape index (κ1) is 6.38. The van der Waals surface area contributed by atoms with Crippen LogP contribution >= 0.6 is 0 Å². The topological polar surface area (TPSA) is 41.6 Å². The highest BCUT2D eigenvalue weighted by molar-refractivity contribution is 5.31. The van der Waals surface area contributed by atoms with Gasteiger partial charge in [0.15, 0.2) is 6.07 Å². The molecular formula is C7H5N3. The Morgan fingerprint density at radius 3 is 3.00 bits per heavy atom. The Morgan fingerprint density at radius 1 is 1.70 bits per heavy atom. The lowest BCUT2D eigenvalue weighted by molar-refractivity contribution is 0.757. The standard InChI is InChI=1S/C7H5N3/c1-10-7(3-2-5-8)4-6-9-10/h4,6H,1H3. The van der Waals surface area contributed by atoms with E-state index in [4.69, 9.17) is 5.26 Å². The molecule has 0 spiro atoms. The summed E-state index contributed by atoms with van der Waals surface area (Å²) in [5.41, 5.74) is 0.751. The van der Waals surface area contributed by atoms with Gasteiger partial charge in [-0.2, -0.15) is 10.4 Å². The fraction of sp³-hybridized carbons (Fsp3) is 0.143. The Morgan fingerprint density at radius 2 is 2.50 bits per heavy atom. The van der Waals surface area contributed by atoms with Crippen molar-refractivity contribution in [2.75, 3.05) is 0 Å². The maximum absolute atomic E-state index is 8.10. The minimum atomic E-state index is 0.751. The molecule has 1 aromatic rings. The molecule has 0 saturated carbocycles. The molecular weight excluding hydrogens is 126 g/mol. The second-order valence-electron chi connectivity index (χ2n) is 1.70. The first-order chi connectivity index (χ1) is 4.84. The van der Waals surface area contributed by atoms with E-state index in [9.17, 15) is 0 Å². The molecule has 0 bridgehead atoms. The van der Waals surface area contributed by atoms with E-state index >= 15 is 0 Å². The Labute approximate surface area is 58.9 Å². The molecule has 0 N–H and O–H groups in total. The summed E-state index contributed by atoms with van der Waals surface area (Å²) in [6.45, 7) is 0. The SMILES string of the molecule is Cn1nccc1C#CC#N. The zero-order valence-electron chi connectivity index (χ0n) is 5.50. The van der Waals surface area contributed by atoms with Crippen molar-refractivity contribution in [1.29, 1.82) is 5.26 Å². The second kappa shape index (κ2) is 2.70. The van der Waals surface area contributed by atoms with Crippen LogP contribution in [0, 0.1) is 23.2 Å². The Kier molecular flexibility index (Phi) is 1.72. The van der Waals surface area contributed by atoms with E-state index in [-0.39, 0.29) is 0 Å². The zero-order valence-corrected chi connectivity index (χ0v) is 5.50. The fourth-order valence-corrected chi connectivity index (χ4v) is 0.589. The van der Waals surface area contributed by atoms with Crippen LogP contribution in [0.1, 0.15) is 5.69 Å². The summed E-state index contributed by atoms with van der Waals surface area (Å²) < 4.78 is 1.62. The maximum atomic E-state index is 8.10. The van der Waals surface area contributed by atoms with Gasteiger partial charge in [0.1, 0.15) is 5.69 Å². The number of nitrogens with zero attached hydrogens (tertiary/aromatic N) is 3. The molecule has 3 nitrogen and oxygen atoms in total. The molecule has 10 heavy (non-hydrogen) atoms. The normalized spacial score (nSPS) is 7.60. The van der Waals surface area contributed by atoms with Gasteiger partial charge in [0.25, 0.3) is 0 Å². The van der Waals surface area contributed by atoms with Gasteiger partial charge in [-0.15, -0.1) is 0 Å². The lowest BCUT2D eigenvalue weighted by Crippen LogP contribution is -1.92. The molecule has 0 aliphatic rings. The highest BCUT2D eigenvalue weighted by Crippen LogP contribution is 1.90. The van der Waals surface area contributed by atoms with Gasteiger partial charge in [-0.1, -0.05) is 0 Å². The van der Waals surface area contributed by atoms with Crippen molar-refractivity contribution in [3.8, 4) is 17.9 Å². The molecule has 1 rings (SSSR count). The van der Waals surface area contributed by atoms with Gasteiger partial charge in [0.05, 0.1) is 6.20 Å². The maximum Gasteiger partial charge on any atom is 0.152 e. The van der Waals surface area contributed by atoms with Gasteiger partial charge in [0.2, 0.25) is 0 Å². The Balaban J connectivity index is 2.97. The molecule has 0 aliphatic heterocycles. The molecule has 1 aromatic heterocycles. The van der Waals surface area contributed by atoms with E-state index < -0.39 is 0 Å². The number of nitriles is 1. The van der Waals surface area contributed by atoms with E-state index in [1.165, 1.54) is 0 Å². The van der Waals surface area contributed by atoms with Crippen molar-refractivity contribution in [2.24, 2.45) is 7.05 Å². The van der Waals surface area contributed by atoms with E-state index in [1.807, 2.05) is 0 Å². The Hall–Kier alpha value is -1.74. The molecule has 1 heterocycles. The van der Waals surface area contributed by atoms with Crippen LogP contribution in [0.2, 0.25) is 0 Å². The van der Waals surface area contributed by atoms with Crippen LogP contribution in [0.25, 0.3) is 0 Å². The van der Waals surface area contributed by atoms with Crippen LogP contribution in [0.15, 0.2) is 12.3 Å². The molecule has 0 aliphatic carbocycles. The Bertz CT molecular complexity index is 319. The third-order valence-electron chi connectivity index (χ3n) is 1.07. The first-order valence-electron chi connectivity index (χ1n) is 2.72. The summed E-state index contributed by atoms with van der Waals surface area (Å²) >= 11 is 0. The minimum Gasteiger partial charge on any atom is -0.260 e. The summed E-state index contributed by atoms with van der Waals surface area (Å²) in [6.07, 6.45) is 1.64. The van der Waals surface area contributed by atoms with Gasteiger partial charge in [-0.05, 0) is 12.0 Å². The molecule has 3 heteroatoms. The smallest absolute Gasteiger partial charge is 0.152 e. The molecule has 0 fully saturated rings. The lowest BCUT2D eigenvalue weighted by Gasteiger charge is -1.87. The third kappa shape index (κ3) is 1.15. The van der Waals surface area contributed by atoms with E-state index in [0.717, 1.165) is 5.69 Å². The quantitative estimate of drug-likeness (QED) is 0.475. The van der Waals surface area contributed by atoms with Crippen molar-refractivity contribution in [1.82, 2.24) is 9.78 Å². The molecule has 48 valence electrons. The highest BCUT2D eigenvalue weighted by atomic mass is 15.2. The van der Waals surface area contributed by atoms with Crippen LogP contribution < -0.4 is 0 Å². The minimum absolute atomic E-state index is 0.751. The average molecular weight is 131 g/mol. The molecule has 0 unspecified atom stereocenters. The van der Waals surface area contributed by atoms with Crippen LogP contribution in [0.5, 0.6) is 0 Å². The summed E-state index contributed by atoms with van der Waals surface area (Å²) in [5, 5.41) is 12.0. The summed E-state index contributed by atoms with van der Waals surface area (Å²) in [7, 11) is 1.78. The van der Waals surface area contributed by atoms with Crippen LogP contribution in [-0.2, 0) is 7.05 Å². The van der Waals surface area contributed by atoms with E-state index in [0.29, 0.717) is 0 Å². The van der Waals surface area contributed by atoms with Crippen molar-refractivity contribution < 1.29 is 0 Å². The van der Waals surface area contributed by atoms with Crippen LogP contribution in [0.3, 0.4) is 0 Å². The summed E-state index contributed by atoms with van der Waals surface area (Å²) in [4.78, 5) is 0. The molecule has 0 saturated heterocycles. The summed E-state index contributed by atoms with van der Waals surface area (Å²) in [5.74, 6) is 4.92. The predicted molar refractivity (Wildman–Crippen MR) is 35.7 cm³/mol. The van der Waals surface area contributed by atoms with Crippen molar-refractivity contribution in [2.45, 2.75) is 0 Å². The monoisotopic (exact) mass is 131 g/mol. The average Bonchev–Trinajstić information content (AvgIpc) is 2.31. The zero-order chi connectivity index (χ0) is 7.40. The van der Waals surface area contributed by atoms with Crippen molar-refractivity contribution >= 4 is 0 Å². The number of hydrogen-bond acceptors (Lipinski definition) is 2. The van der Waals surface area contributed by atoms with Gasteiger partial charge >= 0.3 is 0 Å². The van der Waals surface area contributed by atoms with Gasteiger partial charge in [-0.25, -0.2) is 0 Å². The van der Waals surface area contributed by atoms with Gasteiger partial charge in [-0.3, -0.25) is 4.68 Å². The van der Waals surface area contributed by atoms with Gasteiger partial charge in [0, 0.05) is 13.0 Å². The molecule has 0 atom stereocenters. The van der Waals surface area contributed by atoms with Crippen LogP contribution in [-0.4, -0.2) is 9.78 Å². The number of aryl methyl sites for hydroxylation is 1. The second-order valence-corrected chi connectivity index (χ2v) is 1.70. The molecule has 0 aromatic carbocycles. The van der Waals surface area contributed by atoms with Crippen LogP contribution in [0.4, 0.5) is 0 Å². The van der Waals surface area contributed by atoms with Gasteiger partial charge < -0.3 is 0 Å². The fourth-order valence-electron chi connectivity index (χ4n) is 0.589. The van der Waals surface area contributed by atoms with E-state index in [2.05, 4.69) is 16.9 Å². The van der Waals surface area contributed by atoms with Crippen molar-refractivity contribution in [3.63, 3.8) is 0 Å². The third-order valence-corrected chi connectivity index (χ3v) is 1.07. The van der Waals surface area contributed by atoms with Crippen molar-refractivity contribution in [3.05, 3.63) is 18.0 Å². The number of rotatable bonds is 0. The van der Waals surface area contributed by atoms with E-state index in [1.54, 1.807) is 30.1 Å². The summed E-state index contributed by atoms with van der Waals surface area (Å²) in [6, 6.07) is 3.49. The first-order valence-corrected chi connectivity index (χ1v) is 2.72. The molecule has 0 radical (unpaired) electrons. The molecule has 0 amide bonds. The highest BCUT2D eigenvalue weighted by Gasteiger charge is 1.89. The number of aromatic nitrogens is 2. The lowest BCUT2D eigenvalue weighted by atomic mass is 10.4. The predicted octanol–water partition coefficient (Wildman–Crippen LogP) is 0.295. The largest absolute Gasteiger partial charge is 0.260 e. The number of hydrogen-bond donors (Lipinski definition) is 0.